The summed E-state index contributed by atoms with van der Waals surface area (Å²) in [5.74, 6) is -2.50. The molecule has 4 atom stereocenters. The fraction of sp³-hybridized carbons (Fsp3) is 0.389. The Hall–Kier alpha value is -6.25. The molecule has 15 nitrogen and oxygen atoms in total. The Morgan fingerprint density at radius 1 is 0.873 bits per heavy atom. The molecule has 1 aromatic heterocycles. The maximum absolute atomic E-state index is 14.2. The third-order valence-electron chi connectivity index (χ3n) is 13.4. The van der Waals surface area contributed by atoms with Crippen molar-refractivity contribution in [3.05, 3.63) is 119 Å². The average molecular weight is 1010 g/mol. The van der Waals surface area contributed by atoms with Crippen molar-refractivity contribution in [3.63, 3.8) is 0 Å². The lowest BCUT2D eigenvalue weighted by atomic mass is 9.88. The summed E-state index contributed by atoms with van der Waals surface area (Å²) in [5.41, 5.74) is 4.00. The van der Waals surface area contributed by atoms with Crippen molar-refractivity contribution in [2.45, 2.75) is 97.4 Å². The number of benzene rings is 4. The third kappa shape index (κ3) is 12.8. The van der Waals surface area contributed by atoms with Crippen molar-refractivity contribution in [1.82, 2.24) is 15.2 Å². The maximum atomic E-state index is 14.2. The first-order valence-electron chi connectivity index (χ1n) is 24.1. The molecule has 1 unspecified atom stereocenters. The minimum atomic E-state index is -4.93. The normalized spacial score (nSPS) is 15.9. The number of hydrogen-bond donors (Lipinski definition) is 4. The highest BCUT2D eigenvalue weighted by Gasteiger charge is 2.37. The van der Waals surface area contributed by atoms with E-state index in [1.165, 1.54) is 28.0 Å². The standard InChI is InChI=1S/C54H60ClN4O11P/c1-5-33(4)52(57-53(65)38(23-32(2)3)27-40(60)11-7-6-10-22-58-49(63)20-21-50(58)64)47(62)25-34-14-17-36(18-15-34)46(61)26-35-16-19-43-37(24-35)28-44(56-43)54(66)59-31-39(30-55)51-42-13-9-8-12-41(42)48(29-45(51)59)70-71(67,68)69/h8-9,12-21,24,28-29,32-33,38-39,52,56H,5-7,10-11,22-23,25-27,30-31H2,1-4H3,(H,57,65)(H2,67,68,69)/t33?,38-,39-,52+/m1/s1. The number of aromatic nitrogens is 1. The molecule has 4 amide bonds. The molecule has 2 aliphatic heterocycles. The van der Waals surface area contributed by atoms with Crippen LogP contribution in [0, 0.1) is 17.8 Å². The largest absolute Gasteiger partial charge is 0.524 e. The minimum absolute atomic E-state index is 0.0297. The summed E-state index contributed by atoms with van der Waals surface area (Å²) in [7, 11) is -4.93. The Kier molecular flexibility index (Phi) is 16.9. The molecule has 2 aliphatic rings. The molecule has 7 rings (SSSR count). The average Bonchev–Trinajstić information content (AvgIpc) is 4.03. The van der Waals surface area contributed by atoms with E-state index in [0.717, 1.165) is 5.56 Å². The van der Waals surface area contributed by atoms with Crippen LogP contribution in [0.5, 0.6) is 5.75 Å². The molecule has 17 heteroatoms. The topological polar surface area (TPSA) is 221 Å². The number of imide groups is 1. The van der Waals surface area contributed by atoms with Crippen molar-refractivity contribution < 1.29 is 52.4 Å². The zero-order chi connectivity index (χ0) is 51.1. The van der Waals surface area contributed by atoms with E-state index in [1.807, 2.05) is 33.8 Å². The van der Waals surface area contributed by atoms with Gasteiger partial charge in [0.05, 0.1) is 11.7 Å². The number of unbranched alkanes of at least 4 members (excludes halogenated alkanes) is 2. The monoisotopic (exact) mass is 1010 g/mol. The molecule has 0 bridgehead atoms. The summed E-state index contributed by atoms with van der Waals surface area (Å²) in [6.45, 7) is 8.36. The van der Waals surface area contributed by atoms with Gasteiger partial charge in [-0.15, -0.1) is 11.6 Å². The number of halogens is 1. The van der Waals surface area contributed by atoms with Crippen LogP contribution in [0.15, 0.2) is 91.0 Å². The van der Waals surface area contributed by atoms with Crippen LogP contribution in [-0.2, 0) is 41.4 Å². The Balaban J connectivity index is 0.956. The lowest BCUT2D eigenvalue weighted by Gasteiger charge is -2.26. The number of nitrogens with one attached hydrogen (secondary N) is 2. The smallest absolute Gasteiger partial charge is 0.404 e. The van der Waals surface area contributed by atoms with Crippen LogP contribution in [0.2, 0.25) is 0 Å². The van der Waals surface area contributed by atoms with Gasteiger partial charge in [-0.1, -0.05) is 95.1 Å². The molecule has 0 saturated carbocycles. The van der Waals surface area contributed by atoms with Gasteiger partial charge in [0.15, 0.2) is 11.6 Å². The summed E-state index contributed by atoms with van der Waals surface area (Å²) < 4.78 is 17.0. The summed E-state index contributed by atoms with van der Waals surface area (Å²) in [5, 5.41) is 4.86. The van der Waals surface area contributed by atoms with Gasteiger partial charge in [0.1, 0.15) is 17.2 Å². The van der Waals surface area contributed by atoms with Crippen LogP contribution in [0.4, 0.5) is 5.69 Å². The van der Waals surface area contributed by atoms with Gasteiger partial charge in [0.25, 0.3) is 17.7 Å². The van der Waals surface area contributed by atoms with Crippen molar-refractivity contribution in [2.75, 3.05) is 23.9 Å². The van der Waals surface area contributed by atoms with E-state index in [-0.39, 0.29) is 108 Å². The van der Waals surface area contributed by atoms with Crippen molar-refractivity contribution in [2.24, 2.45) is 17.8 Å². The first kappa shape index (κ1) is 52.6. The first-order chi connectivity index (χ1) is 33.8. The van der Waals surface area contributed by atoms with E-state index in [4.69, 9.17) is 16.1 Å². The Labute approximate surface area is 417 Å². The molecule has 0 radical (unpaired) electrons. The molecular formula is C54H60ClN4O11P. The number of carbonyl (C=O) groups is 7. The molecule has 0 saturated heterocycles. The fourth-order valence-electron chi connectivity index (χ4n) is 9.59. The summed E-state index contributed by atoms with van der Waals surface area (Å²) >= 11 is 6.42. The number of nitrogens with zero attached hydrogens (tertiary/aromatic N) is 2. The number of Topliss-reactive ketones (excluding diaryl/α,β-unsaturated/α-hetero) is 3. The van der Waals surface area contributed by atoms with Crippen LogP contribution < -0.4 is 14.7 Å². The third-order valence-corrected chi connectivity index (χ3v) is 14.2. The molecule has 71 heavy (non-hydrogen) atoms. The molecule has 4 N–H and O–H groups in total. The quantitative estimate of drug-likeness (QED) is 0.0150. The number of phosphoric acid groups is 1. The number of ketones is 3. The second kappa shape index (κ2) is 22.9. The SMILES string of the molecule is CCC(C)[C@H](NC(=O)[C@@H](CC(=O)CCCCCN1C(=O)C=CC1=O)CC(C)C)C(=O)Cc1ccc(C(=O)Cc2ccc3[nH]c(C(=O)N4C[C@@H](CCl)c5c4cc(OP(=O)(O)O)c4ccccc54)cc3c2)cc1. The number of fused-ring (bicyclic) bond motifs is 4. The first-order valence-corrected chi connectivity index (χ1v) is 26.2. The second-order valence-corrected chi connectivity index (χ2v) is 20.6. The number of H-pyrrole nitrogens is 1. The number of alkyl halides is 1. The predicted molar refractivity (Wildman–Crippen MR) is 272 cm³/mol. The van der Waals surface area contributed by atoms with E-state index < -0.39 is 19.8 Å². The highest BCUT2D eigenvalue weighted by atomic mass is 35.5. The van der Waals surface area contributed by atoms with Crippen LogP contribution in [0.1, 0.15) is 116 Å². The van der Waals surface area contributed by atoms with Crippen molar-refractivity contribution in [1.29, 1.82) is 0 Å². The van der Waals surface area contributed by atoms with Gasteiger partial charge in [-0.05, 0) is 71.4 Å². The molecule has 3 heterocycles. The summed E-state index contributed by atoms with van der Waals surface area (Å²) in [6.07, 6.45) is 5.85. The molecule has 0 aliphatic carbocycles. The number of carbonyl (C=O) groups excluding carboxylic acids is 7. The van der Waals surface area contributed by atoms with Crippen LogP contribution >= 0.6 is 19.4 Å². The van der Waals surface area contributed by atoms with Gasteiger partial charge in [-0.25, -0.2) is 4.57 Å². The number of anilines is 1. The van der Waals surface area contributed by atoms with Crippen molar-refractivity contribution >= 4 is 87.8 Å². The highest BCUT2D eigenvalue weighted by Crippen LogP contribution is 2.49. The number of aromatic amines is 1. The van der Waals surface area contributed by atoms with E-state index in [0.29, 0.717) is 82.7 Å². The summed E-state index contributed by atoms with van der Waals surface area (Å²) in [4.78, 5) is 117. The van der Waals surface area contributed by atoms with Crippen LogP contribution in [0.25, 0.3) is 21.7 Å². The van der Waals surface area contributed by atoms with Gasteiger partial charge in [-0.3, -0.25) is 48.2 Å². The number of hydrogen-bond acceptors (Lipinski definition) is 9. The lowest BCUT2D eigenvalue weighted by Crippen LogP contribution is -2.48. The molecular weight excluding hydrogens is 947 g/mol. The van der Waals surface area contributed by atoms with Gasteiger partial charge >= 0.3 is 7.82 Å². The Morgan fingerprint density at radius 2 is 1.56 bits per heavy atom. The zero-order valence-corrected chi connectivity index (χ0v) is 42.0. The predicted octanol–water partition coefficient (Wildman–Crippen LogP) is 8.95. The molecule has 0 fully saturated rings. The van der Waals surface area contributed by atoms with E-state index >= 15 is 0 Å². The Bertz CT molecular complexity index is 2920. The van der Waals surface area contributed by atoms with Gasteiger partial charge < -0.3 is 19.7 Å². The zero-order valence-electron chi connectivity index (χ0n) is 40.3. The maximum Gasteiger partial charge on any atom is 0.524 e. The molecule has 4 aromatic carbocycles. The number of phosphoric ester groups is 1. The fourth-order valence-corrected chi connectivity index (χ4v) is 10.3. The van der Waals surface area contributed by atoms with E-state index in [9.17, 15) is 47.9 Å². The highest BCUT2D eigenvalue weighted by molar-refractivity contribution is 7.46. The lowest BCUT2D eigenvalue weighted by molar-refractivity contribution is -0.137. The van der Waals surface area contributed by atoms with Crippen LogP contribution in [0.3, 0.4) is 0 Å². The molecule has 0 spiro atoms. The summed E-state index contributed by atoms with van der Waals surface area (Å²) in [6, 6.07) is 21.7. The van der Waals surface area contributed by atoms with Gasteiger partial charge in [0, 0.05) is 96.6 Å². The van der Waals surface area contributed by atoms with Crippen LogP contribution in [-0.4, -0.2) is 85.7 Å². The molecule has 5 aromatic rings. The number of rotatable bonds is 24. The second-order valence-electron chi connectivity index (χ2n) is 19.2. The Morgan fingerprint density at radius 3 is 2.23 bits per heavy atom. The minimum Gasteiger partial charge on any atom is -0.404 e. The van der Waals surface area contributed by atoms with Gasteiger partial charge in [0.2, 0.25) is 5.91 Å². The van der Waals surface area contributed by atoms with Crippen molar-refractivity contribution in [3.8, 4) is 5.75 Å². The van der Waals surface area contributed by atoms with E-state index in [1.54, 1.807) is 66.7 Å². The molecule has 374 valence electrons. The van der Waals surface area contributed by atoms with Gasteiger partial charge in [-0.2, -0.15) is 0 Å². The van der Waals surface area contributed by atoms with E-state index in [2.05, 4.69) is 10.3 Å². The number of amides is 4.